The van der Waals surface area contributed by atoms with Crippen LogP contribution in [0, 0.1) is 39.4 Å². The molecule has 0 radical (unpaired) electrons. The zero-order valence-corrected chi connectivity index (χ0v) is 14.4. The van der Waals surface area contributed by atoms with Gasteiger partial charge in [-0.3, -0.25) is 0 Å². The van der Waals surface area contributed by atoms with Crippen molar-refractivity contribution in [2.75, 3.05) is 0 Å². The molecule has 1 aliphatic carbocycles. The monoisotopic (exact) mass is 348 g/mol. The summed E-state index contributed by atoms with van der Waals surface area (Å²) in [5, 5.41) is 33.1. The van der Waals surface area contributed by atoms with Crippen molar-refractivity contribution in [3.8, 4) is 18.2 Å². The van der Waals surface area contributed by atoms with E-state index in [1.54, 1.807) is 0 Å². The van der Waals surface area contributed by atoms with Gasteiger partial charge in [0.25, 0.3) is 0 Å². The van der Waals surface area contributed by atoms with Gasteiger partial charge in [-0.1, -0.05) is 18.2 Å². The fourth-order valence-corrected chi connectivity index (χ4v) is 4.70. The first-order valence-corrected chi connectivity index (χ1v) is 8.84. The molecule has 1 unspecified atom stereocenters. The van der Waals surface area contributed by atoms with Crippen LogP contribution in [0.3, 0.4) is 0 Å². The molecule has 0 saturated heterocycles. The van der Waals surface area contributed by atoms with Crippen molar-refractivity contribution in [2.45, 2.75) is 12.3 Å². The summed E-state index contributed by atoms with van der Waals surface area (Å²) in [6, 6.07) is 13.9. The molecule has 116 valence electrons. The average Bonchev–Trinajstić information content (AvgIpc) is 3.29. The first-order valence-electron chi connectivity index (χ1n) is 7.08. The Morgan fingerprint density at radius 2 is 1.71 bits per heavy atom. The van der Waals surface area contributed by atoms with Crippen LogP contribution in [0.25, 0.3) is 5.57 Å². The van der Waals surface area contributed by atoms with Gasteiger partial charge in [0.05, 0.1) is 28.8 Å². The molecule has 1 aliphatic rings. The molecule has 24 heavy (non-hydrogen) atoms. The van der Waals surface area contributed by atoms with Crippen molar-refractivity contribution in [1.82, 2.24) is 0 Å². The number of rotatable bonds is 2. The Hall–Kier alpha value is -2.85. The number of hydrogen-bond acceptors (Lipinski definition) is 6. The van der Waals surface area contributed by atoms with Crippen molar-refractivity contribution >= 4 is 28.2 Å². The van der Waals surface area contributed by atoms with Crippen LogP contribution >= 0.6 is 22.7 Å². The predicted octanol–water partition coefficient (Wildman–Crippen LogP) is 3.93. The molecule has 2 aromatic heterocycles. The summed E-state index contributed by atoms with van der Waals surface area (Å²) >= 11 is 2.96. The quantitative estimate of drug-likeness (QED) is 0.889. The topological polar surface area (TPSA) is 97.4 Å². The summed E-state index contributed by atoms with van der Waals surface area (Å²) in [5.41, 5.74) is 4.60. The standard InChI is InChI=1S/C18H12N4S2/c1-17(15-5-3-7-24-15)8-12(14-4-2-6-23-14)13(9-19)16(22)18(17,10-20)11-21/h2-8H,22H2,1H3. The molecule has 2 heterocycles. The largest absolute Gasteiger partial charge is 0.399 e. The van der Waals surface area contributed by atoms with Crippen molar-refractivity contribution in [3.63, 3.8) is 0 Å². The molecule has 0 bridgehead atoms. The van der Waals surface area contributed by atoms with Crippen LogP contribution in [0.15, 0.2) is 52.4 Å². The zero-order valence-electron chi connectivity index (χ0n) is 12.8. The van der Waals surface area contributed by atoms with E-state index in [1.165, 1.54) is 22.7 Å². The summed E-state index contributed by atoms with van der Waals surface area (Å²) in [5.74, 6) is 0. The molecule has 0 fully saturated rings. The van der Waals surface area contributed by atoms with Crippen LogP contribution in [0.1, 0.15) is 16.7 Å². The van der Waals surface area contributed by atoms with Crippen LogP contribution in [0.5, 0.6) is 0 Å². The first-order chi connectivity index (χ1) is 11.5. The minimum absolute atomic E-state index is 0.0248. The van der Waals surface area contributed by atoms with Gasteiger partial charge in [0.2, 0.25) is 0 Å². The summed E-state index contributed by atoms with van der Waals surface area (Å²) in [6.07, 6.45) is 1.85. The molecule has 4 nitrogen and oxygen atoms in total. The molecule has 0 amide bonds. The van der Waals surface area contributed by atoms with Crippen molar-refractivity contribution < 1.29 is 0 Å². The number of allylic oxidation sites excluding steroid dienone is 4. The Bertz CT molecular complexity index is 946. The third-order valence-corrected chi connectivity index (χ3v) is 6.43. The lowest BCUT2D eigenvalue weighted by Gasteiger charge is -2.41. The SMILES string of the molecule is CC1(c2cccs2)C=C(c2cccs2)C(C#N)=C(N)C1(C#N)C#N. The number of nitrogens with two attached hydrogens (primary N) is 1. The summed E-state index contributed by atoms with van der Waals surface area (Å²) in [4.78, 5) is 1.75. The molecule has 2 N–H and O–H groups in total. The molecule has 0 spiro atoms. The summed E-state index contributed by atoms with van der Waals surface area (Å²) in [7, 11) is 0. The van der Waals surface area contributed by atoms with E-state index in [1.807, 2.05) is 48.0 Å². The van der Waals surface area contributed by atoms with E-state index in [9.17, 15) is 15.8 Å². The lowest BCUT2D eigenvalue weighted by Crippen LogP contribution is -2.46. The highest BCUT2D eigenvalue weighted by molar-refractivity contribution is 7.11. The van der Waals surface area contributed by atoms with Crippen molar-refractivity contribution in [1.29, 1.82) is 15.8 Å². The highest BCUT2D eigenvalue weighted by Crippen LogP contribution is 2.54. The van der Waals surface area contributed by atoms with E-state index in [0.29, 0.717) is 5.57 Å². The van der Waals surface area contributed by atoms with Gasteiger partial charge in [-0.25, -0.2) is 0 Å². The molecular weight excluding hydrogens is 336 g/mol. The smallest absolute Gasteiger partial charge is 0.197 e. The highest BCUT2D eigenvalue weighted by atomic mass is 32.1. The second-order valence-corrected chi connectivity index (χ2v) is 7.48. The minimum Gasteiger partial charge on any atom is -0.399 e. The van der Waals surface area contributed by atoms with Crippen molar-refractivity contribution in [2.24, 2.45) is 11.1 Å². The Kier molecular flexibility index (Phi) is 3.78. The van der Waals surface area contributed by atoms with E-state index in [-0.39, 0.29) is 11.3 Å². The van der Waals surface area contributed by atoms with Gasteiger partial charge in [0.15, 0.2) is 5.41 Å². The molecule has 0 aliphatic heterocycles. The van der Waals surface area contributed by atoms with Gasteiger partial charge < -0.3 is 5.73 Å². The molecule has 3 rings (SSSR count). The number of thiophene rings is 2. The maximum atomic E-state index is 9.86. The molecule has 1 atom stereocenters. The molecule has 0 saturated carbocycles. The Morgan fingerprint density at radius 1 is 1.04 bits per heavy atom. The maximum absolute atomic E-state index is 9.86. The van der Waals surface area contributed by atoms with E-state index in [2.05, 4.69) is 18.2 Å². The van der Waals surface area contributed by atoms with Gasteiger partial charge in [0.1, 0.15) is 6.07 Å². The Labute approximate surface area is 148 Å². The second-order valence-electron chi connectivity index (χ2n) is 5.59. The second kappa shape index (κ2) is 5.65. The summed E-state index contributed by atoms with van der Waals surface area (Å²) in [6.45, 7) is 1.83. The van der Waals surface area contributed by atoms with Gasteiger partial charge in [0, 0.05) is 15.3 Å². The predicted molar refractivity (Wildman–Crippen MR) is 94.5 cm³/mol. The average molecular weight is 348 g/mol. The van der Waals surface area contributed by atoms with Crippen LogP contribution in [0.2, 0.25) is 0 Å². The number of nitriles is 3. The van der Waals surface area contributed by atoms with Crippen LogP contribution in [-0.2, 0) is 5.41 Å². The van der Waals surface area contributed by atoms with E-state index >= 15 is 0 Å². The van der Waals surface area contributed by atoms with Crippen LogP contribution in [0.4, 0.5) is 0 Å². The normalized spacial score (nSPS) is 22.2. The third-order valence-electron chi connectivity index (χ3n) is 4.42. The van der Waals surface area contributed by atoms with Crippen LogP contribution in [-0.4, -0.2) is 0 Å². The fraction of sp³-hybridized carbons (Fsp3) is 0.167. The lowest BCUT2D eigenvalue weighted by atomic mass is 9.58. The lowest BCUT2D eigenvalue weighted by molar-refractivity contribution is 0.394. The Morgan fingerprint density at radius 3 is 2.21 bits per heavy atom. The molecular formula is C18H12N4S2. The molecule has 0 aromatic carbocycles. The fourth-order valence-electron chi connectivity index (χ4n) is 3.04. The van der Waals surface area contributed by atoms with Gasteiger partial charge in [-0.2, -0.15) is 15.8 Å². The first kappa shape index (κ1) is 16.0. The molecule has 6 heteroatoms. The van der Waals surface area contributed by atoms with E-state index in [4.69, 9.17) is 5.73 Å². The van der Waals surface area contributed by atoms with Crippen molar-refractivity contribution in [3.05, 3.63) is 62.1 Å². The highest BCUT2D eigenvalue weighted by Gasteiger charge is 2.56. The van der Waals surface area contributed by atoms with E-state index in [0.717, 1.165) is 9.75 Å². The Balaban J connectivity index is 2.40. The maximum Gasteiger partial charge on any atom is 0.197 e. The third kappa shape index (κ3) is 1.93. The van der Waals surface area contributed by atoms with E-state index < -0.39 is 10.8 Å². The van der Waals surface area contributed by atoms with Gasteiger partial charge in [-0.15, -0.1) is 22.7 Å². The van der Waals surface area contributed by atoms with Gasteiger partial charge in [-0.05, 0) is 29.8 Å². The number of nitrogens with zero attached hydrogens (tertiary/aromatic N) is 3. The number of hydrogen-bond donors (Lipinski definition) is 1. The summed E-state index contributed by atoms with van der Waals surface area (Å²) < 4.78 is 0. The van der Waals surface area contributed by atoms with Gasteiger partial charge >= 0.3 is 0 Å². The minimum atomic E-state index is -1.62. The molecule has 2 aromatic rings. The zero-order chi connectivity index (χ0) is 17.4. The van der Waals surface area contributed by atoms with Crippen LogP contribution < -0.4 is 5.73 Å².